The van der Waals surface area contributed by atoms with Gasteiger partial charge < -0.3 is 4.74 Å². The van der Waals surface area contributed by atoms with Gasteiger partial charge in [-0.05, 0) is 73.5 Å². The van der Waals surface area contributed by atoms with Gasteiger partial charge in [0.05, 0.1) is 12.3 Å². The van der Waals surface area contributed by atoms with Gasteiger partial charge in [-0.3, -0.25) is 9.55 Å². The van der Waals surface area contributed by atoms with Gasteiger partial charge in [0.25, 0.3) is 0 Å². The Balaban J connectivity index is 1.79. The molecule has 4 rings (SSSR count). The minimum absolute atomic E-state index is 0.628. The summed E-state index contributed by atoms with van der Waals surface area (Å²) in [7, 11) is 0. The maximum Gasteiger partial charge on any atom is 0.203 e. The number of aryl methyl sites for hydroxylation is 1. The average molecular weight is 397 g/mol. The number of rotatable bonds is 6. The first-order valence-electron chi connectivity index (χ1n) is 8.33. The summed E-state index contributed by atoms with van der Waals surface area (Å²) in [5.41, 5.74) is 1.67. The van der Waals surface area contributed by atoms with Crippen LogP contribution in [-0.4, -0.2) is 35.7 Å². The van der Waals surface area contributed by atoms with Crippen LogP contribution in [0.3, 0.4) is 0 Å². The molecular formula is C18H16N6OS2. The molecule has 7 nitrogen and oxygen atoms in total. The van der Waals surface area contributed by atoms with Crippen molar-refractivity contribution < 1.29 is 4.74 Å². The molecule has 0 radical (unpaired) electrons. The van der Waals surface area contributed by atoms with E-state index in [1.165, 1.54) is 23.3 Å². The lowest BCUT2D eigenvalue weighted by atomic mass is 10.3. The minimum atomic E-state index is 0.628. The van der Waals surface area contributed by atoms with E-state index >= 15 is 0 Å². The van der Waals surface area contributed by atoms with Crippen molar-refractivity contribution in [3.05, 3.63) is 54.5 Å². The third kappa shape index (κ3) is 3.83. The second-order valence-corrected chi connectivity index (χ2v) is 7.46. The predicted octanol–water partition coefficient (Wildman–Crippen LogP) is 4.04. The largest absolute Gasteiger partial charge is 0.494 e. The quantitative estimate of drug-likeness (QED) is 0.487. The van der Waals surface area contributed by atoms with Crippen LogP contribution >= 0.6 is 23.3 Å². The lowest BCUT2D eigenvalue weighted by Crippen LogP contribution is -2.01. The van der Waals surface area contributed by atoms with Gasteiger partial charge in [-0.2, -0.15) is 4.37 Å². The summed E-state index contributed by atoms with van der Waals surface area (Å²) in [6.07, 6.45) is 1.74. The van der Waals surface area contributed by atoms with Crippen LogP contribution in [0.5, 0.6) is 5.75 Å². The van der Waals surface area contributed by atoms with Crippen LogP contribution in [-0.2, 0) is 0 Å². The maximum atomic E-state index is 5.55. The van der Waals surface area contributed by atoms with Crippen LogP contribution in [0.1, 0.15) is 12.7 Å². The molecule has 0 saturated carbocycles. The first-order valence-corrected chi connectivity index (χ1v) is 9.92. The molecule has 0 bridgehead atoms. The first-order chi connectivity index (χ1) is 13.2. The van der Waals surface area contributed by atoms with Crippen molar-refractivity contribution in [2.75, 3.05) is 6.61 Å². The van der Waals surface area contributed by atoms with E-state index in [1.807, 2.05) is 60.9 Å². The number of aromatic nitrogens is 6. The zero-order chi connectivity index (χ0) is 18.6. The Kier molecular flexibility index (Phi) is 5.12. The third-order valence-corrected chi connectivity index (χ3v) is 5.41. The molecule has 4 aromatic rings. The number of nitrogens with zero attached hydrogens (tertiary/aromatic N) is 6. The average Bonchev–Trinajstić information content (AvgIpc) is 3.30. The Morgan fingerprint density at radius 3 is 2.63 bits per heavy atom. The van der Waals surface area contributed by atoms with E-state index in [1.54, 1.807) is 6.20 Å². The predicted molar refractivity (Wildman–Crippen MR) is 105 cm³/mol. The molecule has 0 spiro atoms. The molecule has 1 aromatic carbocycles. The number of benzene rings is 1. The van der Waals surface area contributed by atoms with Crippen LogP contribution in [0.25, 0.3) is 17.2 Å². The highest BCUT2D eigenvalue weighted by Gasteiger charge is 2.19. The molecule has 0 N–H and O–H groups in total. The Morgan fingerprint density at radius 2 is 1.96 bits per heavy atom. The topological polar surface area (TPSA) is 78.6 Å². The lowest BCUT2D eigenvalue weighted by Gasteiger charge is -2.10. The number of ether oxygens (including phenoxy) is 1. The van der Waals surface area contributed by atoms with Crippen LogP contribution in [0.15, 0.2) is 58.2 Å². The van der Waals surface area contributed by atoms with Crippen molar-refractivity contribution in [1.82, 2.24) is 29.1 Å². The molecule has 0 atom stereocenters. The molecule has 0 aliphatic rings. The molecule has 136 valence electrons. The standard InChI is InChI=1S/C18H16N6OS2/c1-3-25-14-9-7-13(8-10-14)24-16(15-6-4-5-11-19-15)21-22-17(24)26-18-20-12(2)23-27-18/h4-11H,3H2,1-2H3. The SMILES string of the molecule is CCOc1ccc(-n2c(Sc3nc(C)ns3)nnc2-c2ccccn2)cc1. The van der Waals surface area contributed by atoms with E-state index in [2.05, 4.69) is 24.5 Å². The number of hydrogen-bond donors (Lipinski definition) is 0. The Morgan fingerprint density at radius 1 is 1.11 bits per heavy atom. The van der Waals surface area contributed by atoms with E-state index in [9.17, 15) is 0 Å². The van der Waals surface area contributed by atoms with Gasteiger partial charge in [0.2, 0.25) is 5.16 Å². The van der Waals surface area contributed by atoms with Crippen molar-refractivity contribution in [2.45, 2.75) is 23.3 Å². The van der Waals surface area contributed by atoms with E-state index < -0.39 is 0 Å². The van der Waals surface area contributed by atoms with E-state index in [4.69, 9.17) is 4.74 Å². The van der Waals surface area contributed by atoms with Crippen molar-refractivity contribution in [3.8, 4) is 23.0 Å². The van der Waals surface area contributed by atoms with Crippen LogP contribution in [0, 0.1) is 6.92 Å². The van der Waals surface area contributed by atoms with Crippen LogP contribution in [0.2, 0.25) is 0 Å². The summed E-state index contributed by atoms with van der Waals surface area (Å²) in [5, 5.41) is 9.46. The summed E-state index contributed by atoms with van der Waals surface area (Å²) >= 11 is 2.78. The van der Waals surface area contributed by atoms with E-state index in [-0.39, 0.29) is 0 Å². The zero-order valence-corrected chi connectivity index (χ0v) is 16.4. The summed E-state index contributed by atoms with van der Waals surface area (Å²) in [5.74, 6) is 2.24. The Hall–Kier alpha value is -2.78. The van der Waals surface area contributed by atoms with E-state index in [0.29, 0.717) is 17.6 Å². The Bertz CT molecular complexity index is 1030. The molecule has 27 heavy (non-hydrogen) atoms. The Labute approximate surface area is 164 Å². The summed E-state index contributed by atoms with van der Waals surface area (Å²) < 4.78 is 12.6. The molecule has 3 aromatic heterocycles. The lowest BCUT2D eigenvalue weighted by molar-refractivity contribution is 0.340. The maximum absolute atomic E-state index is 5.55. The number of pyridine rings is 1. The molecule has 3 heterocycles. The van der Waals surface area contributed by atoms with Crippen molar-refractivity contribution in [1.29, 1.82) is 0 Å². The van der Waals surface area contributed by atoms with Crippen molar-refractivity contribution >= 4 is 23.3 Å². The monoisotopic (exact) mass is 396 g/mol. The number of hydrogen-bond acceptors (Lipinski definition) is 8. The summed E-state index contributed by atoms with van der Waals surface area (Å²) in [4.78, 5) is 8.84. The molecule has 0 aliphatic heterocycles. The summed E-state index contributed by atoms with van der Waals surface area (Å²) in [6.45, 7) is 4.46. The van der Waals surface area contributed by atoms with E-state index in [0.717, 1.165) is 27.3 Å². The summed E-state index contributed by atoms with van der Waals surface area (Å²) in [6, 6.07) is 13.6. The van der Waals surface area contributed by atoms with Gasteiger partial charge in [0, 0.05) is 6.20 Å². The third-order valence-electron chi connectivity index (χ3n) is 3.62. The second kappa shape index (κ2) is 7.85. The van der Waals surface area contributed by atoms with Gasteiger partial charge in [-0.15, -0.1) is 10.2 Å². The molecular weight excluding hydrogens is 380 g/mol. The van der Waals surface area contributed by atoms with Crippen molar-refractivity contribution in [2.24, 2.45) is 0 Å². The van der Waals surface area contributed by atoms with Gasteiger partial charge in [0.15, 0.2) is 10.2 Å². The fourth-order valence-corrected chi connectivity index (χ4v) is 4.09. The molecule has 0 aliphatic carbocycles. The smallest absolute Gasteiger partial charge is 0.203 e. The second-order valence-electron chi connectivity index (χ2n) is 5.49. The molecule has 0 amide bonds. The fourth-order valence-electron chi connectivity index (χ4n) is 2.49. The minimum Gasteiger partial charge on any atom is -0.494 e. The van der Waals surface area contributed by atoms with Crippen LogP contribution in [0.4, 0.5) is 0 Å². The molecule has 0 fully saturated rings. The highest BCUT2D eigenvalue weighted by atomic mass is 32.2. The fraction of sp³-hybridized carbons (Fsp3) is 0.167. The van der Waals surface area contributed by atoms with Gasteiger partial charge in [-0.25, -0.2) is 4.98 Å². The first kappa shape index (κ1) is 17.6. The van der Waals surface area contributed by atoms with Gasteiger partial charge >= 0.3 is 0 Å². The van der Waals surface area contributed by atoms with Crippen LogP contribution < -0.4 is 4.74 Å². The zero-order valence-electron chi connectivity index (χ0n) is 14.7. The highest BCUT2D eigenvalue weighted by molar-refractivity contribution is 8.00. The normalized spacial score (nSPS) is 10.9. The highest BCUT2D eigenvalue weighted by Crippen LogP contribution is 2.32. The van der Waals surface area contributed by atoms with Gasteiger partial charge in [0.1, 0.15) is 17.3 Å². The molecule has 0 saturated heterocycles. The molecule has 9 heteroatoms. The van der Waals surface area contributed by atoms with Gasteiger partial charge in [-0.1, -0.05) is 6.07 Å². The molecule has 0 unspecified atom stereocenters. The van der Waals surface area contributed by atoms with Crippen molar-refractivity contribution in [3.63, 3.8) is 0 Å².